The Balaban J connectivity index is 2.09. The van der Waals surface area contributed by atoms with Gasteiger partial charge in [0.2, 0.25) is 5.95 Å². The fourth-order valence-electron chi connectivity index (χ4n) is 3.42. The molecule has 1 aliphatic carbocycles. The number of nitrogens with two attached hydrogens (primary N) is 1. The Hall–Kier alpha value is -1.65. The van der Waals surface area contributed by atoms with E-state index in [4.69, 9.17) is 5.73 Å². The van der Waals surface area contributed by atoms with Gasteiger partial charge in [-0.3, -0.25) is 0 Å². The number of nitrogen functional groups attached to an aromatic ring is 1. The van der Waals surface area contributed by atoms with Crippen molar-refractivity contribution < 1.29 is 8.78 Å². The summed E-state index contributed by atoms with van der Waals surface area (Å²) in [5.74, 6) is -0.972. The van der Waals surface area contributed by atoms with Crippen molar-refractivity contribution in [2.75, 3.05) is 5.73 Å². The molecule has 108 valence electrons. The van der Waals surface area contributed by atoms with E-state index in [0.717, 1.165) is 25.3 Å². The highest BCUT2D eigenvalue weighted by Crippen LogP contribution is 2.43. The van der Waals surface area contributed by atoms with Gasteiger partial charge in [0, 0.05) is 18.7 Å². The molecular formula is C15H19F2N3. The second-order valence-electron chi connectivity index (χ2n) is 5.87. The van der Waals surface area contributed by atoms with Crippen molar-refractivity contribution in [2.45, 2.75) is 45.6 Å². The quantitative estimate of drug-likeness (QED) is 0.927. The lowest BCUT2D eigenvalue weighted by Gasteiger charge is -2.28. The van der Waals surface area contributed by atoms with Crippen molar-refractivity contribution >= 4 is 17.0 Å². The Morgan fingerprint density at radius 3 is 2.65 bits per heavy atom. The van der Waals surface area contributed by atoms with Crippen LogP contribution in [0.2, 0.25) is 0 Å². The van der Waals surface area contributed by atoms with E-state index in [-0.39, 0.29) is 16.9 Å². The number of aromatic nitrogens is 2. The summed E-state index contributed by atoms with van der Waals surface area (Å²) in [5, 5.41) is 0. The zero-order valence-corrected chi connectivity index (χ0v) is 11.6. The van der Waals surface area contributed by atoms with Gasteiger partial charge in [0.1, 0.15) is 11.3 Å². The summed E-state index contributed by atoms with van der Waals surface area (Å²) in [7, 11) is 0. The summed E-state index contributed by atoms with van der Waals surface area (Å²) >= 11 is 0. The number of nitrogens with zero attached hydrogens (tertiary/aromatic N) is 2. The minimum atomic E-state index is -0.651. The van der Waals surface area contributed by atoms with Gasteiger partial charge in [0.05, 0.1) is 5.52 Å². The topological polar surface area (TPSA) is 43.8 Å². The lowest BCUT2D eigenvalue weighted by Crippen LogP contribution is -2.23. The SMILES string of the molecule is CCC1(Cn2c(N)nc3c(F)cc(F)cc32)CCCC1. The summed E-state index contributed by atoms with van der Waals surface area (Å²) in [5.41, 5.74) is 6.73. The smallest absolute Gasteiger partial charge is 0.201 e. The van der Waals surface area contributed by atoms with Crippen LogP contribution < -0.4 is 5.73 Å². The van der Waals surface area contributed by atoms with Crippen molar-refractivity contribution in [1.82, 2.24) is 9.55 Å². The molecule has 1 aromatic heterocycles. The maximum Gasteiger partial charge on any atom is 0.201 e. The number of fused-ring (bicyclic) bond motifs is 1. The Morgan fingerprint density at radius 2 is 2.00 bits per heavy atom. The summed E-state index contributed by atoms with van der Waals surface area (Å²) in [6, 6.07) is 2.17. The molecule has 1 aliphatic rings. The van der Waals surface area contributed by atoms with E-state index >= 15 is 0 Å². The maximum absolute atomic E-state index is 13.8. The van der Waals surface area contributed by atoms with Gasteiger partial charge in [0.25, 0.3) is 0 Å². The third kappa shape index (κ3) is 2.05. The molecule has 0 aliphatic heterocycles. The van der Waals surface area contributed by atoms with Gasteiger partial charge in [-0.2, -0.15) is 0 Å². The lowest BCUT2D eigenvalue weighted by molar-refractivity contribution is 0.242. The van der Waals surface area contributed by atoms with Crippen molar-refractivity contribution in [3.8, 4) is 0 Å². The Morgan fingerprint density at radius 1 is 1.30 bits per heavy atom. The van der Waals surface area contributed by atoms with Gasteiger partial charge in [-0.25, -0.2) is 13.8 Å². The molecule has 1 saturated carbocycles. The van der Waals surface area contributed by atoms with E-state index < -0.39 is 11.6 Å². The first-order valence-corrected chi connectivity index (χ1v) is 7.15. The molecule has 20 heavy (non-hydrogen) atoms. The molecule has 3 rings (SSSR count). The number of hydrogen-bond donors (Lipinski definition) is 1. The van der Waals surface area contributed by atoms with Gasteiger partial charge in [0.15, 0.2) is 5.82 Å². The van der Waals surface area contributed by atoms with E-state index in [1.54, 1.807) is 4.57 Å². The average Bonchev–Trinajstić information content (AvgIpc) is 2.98. The zero-order valence-electron chi connectivity index (χ0n) is 11.6. The van der Waals surface area contributed by atoms with Crippen molar-refractivity contribution in [3.63, 3.8) is 0 Å². The third-order valence-corrected chi connectivity index (χ3v) is 4.71. The monoisotopic (exact) mass is 279 g/mol. The zero-order chi connectivity index (χ0) is 14.3. The first kappa shape index (κ1) is 13.3. The number of benzene rings is 1. The second-order valence-corrected chi connectivity index (χ2v) is 5.87. The molecule has 2 N–H and O–H groups in total. The van der Waals surface area contributed by atoms with Crippen LogP contribution in [0.15, 0.2) is 12.1 Å². The highest BCUT2D eigenvalue weighted by molar-refractivity contribution is 5.79. The minimum absolute atomic E-state index is 0.160. The van der Waals surface area contributed by atoms with Gasteiger partial charge in [-0.15, -0.1) is 0 Å². The molecule has 2 aromatic rings. The number of anilines is 1. The van der Waals surface area contributed by atoms with Crippen LogP contribution in [-0.4, -0.2) is 9.55 Å². The van der Waals surface area contributed by atoms with Gasteiger partial charge in [-0.05, 0) is 24.7 Å². The first-order valence-electron chi connectivity index (χ1n) is 7.15. The Bertz CT molecular complexity index is 642. The third-order valence-electron chi connectivity index (χ3n) is 4.71. The summed E-state index contributed by atoms with van der Waals surface area (Å²) < 4.78 is 29.0. The fraction of sp³-hybridized carbons (Fsp3) is 0.533. The molecule has 0 spiro atoms. The van der Waals surface area contributed by atoms with E-state index in [0.29, 0.717) is 12.1 Å². The number of imidazole rings is 1. The highest BCUT2D eigenvalue weighted by Gasteiger charge is 2.33. The van der Waals surface area contributed by atoms with Crippen molar-refractivity contribution in [1.29, 1.82) is 0 Å². The molecule has 0 unspecified atom stereocenters. The van der Waals surface area contributed by atoms with E-state index in [1.807, 2.05) is 0 Å². The number of halogens is 2. The van der Waals surface area contributed by atoms with Crippen molar-refractivity contribution in [3.05, 3.63) is 23.8 Å². The van der Waals surface area contributed by atoms with Crippen LogP contribution in [0.4, 0.5) is 14.7 Å². The molecule has 1 heterocycles. The van der Waals surface area contributed by atoms with E-state index in [2.05, 4.69) is 11.9 Å². The van der Waals surface area contributed by atoms with E-state index in [9.17, 15) is 8.78 Å². The first-order chi connectivity index (χ1) is 9.54. The Kier molecular flexibility index (Phi) is 3.15. The van der Waals surface area contributed by atoms with Gasteiger partial charge >= 0.3 is 0 Å². The largest absolute Gasteiger partial charge is 0.369 e. The molecular weight excluding hydrogens is 260 g/mol. The normalized spacial score (nSPS) is 17.9. The van der Waals surface area contributed by atoms with Crippen LogP contribution in [0.25, 0.3) is 11.0 Å². The van der Waals surface area contributed by atoms with Crippen LogP contribution in [0.3, 0.4) is 0 Å². The summed E-state index contributed by atoms with van der Waals surface area (Å²) in [4.78, 5) is 4.06. The van der Waals surface area contributed by atoms with Crippen LogP contribution in [0.1, 0.15) is 39.0 Å². The molecule has 0 bridgehead atoms. The van der Waals surface area contributed by atoms with Crippen LogP contribution in [-0.2, 0) is 6.54 Å². The van der Waals surface area contributed by atoms with Crippen LogP contribution >= 0.6 is 0 Å². The van der Waals surface area contributed by atoms with Crippen molar-refractivity contribution in [2.24, 2.45) is 5.41 Å². The number of rotatable bonds is 3. The highest BCUT2D eigenvalue weighted by atomic mass is 19.1. The molecule has 3 nitrogen and oxygen atoms in total. The molecule has 0 saturated heterocycles. The lowest BCUT2D eigenvalue weighted by atomic mass is 9.83. The van der Waals surface area contributed by atoms with Gasteiger partial charge < -0.3 is 10.3 Å². The number of hydrogen-bond acceptors (Lipinski definition) is 2. The molecule has 0 atom stereocenters. The fourth-order valence-corrected chi connectivity index (χ4v) is 3.42. The predicted molar refractivity (Wildman–Crippen MR) is 75.3 cm³/mol. The molecule has 1 fully saturated rings. The molecule has 1 aromatic carbocycles. The average molecular weight is 279 g/mol. The standard InChI is InChI=1S/C15H19F2N3/c1-2-15(5-3-4-6-15)9-20-12-8-10(16)7-11(17)13(12)19-14(20)18/h7-8H,2-6,9H2,1H3,(H2,18,19). The maximum atomic E-state index is 13.8. The summed E-state index contributed by atoms with van der Waals surface area (Å²) in [6.07, 6.45) is 5.75. The second kappa shape index (κ2) is 4.72. The minimum Gasteiger partial charge on any atom is -0.369 e. The molecule has 5 heteroatoms. The van der Waals surface area contributed by atoms with Crippen LogP contribution in [0.5, 0.6) is 0 Å². The predicted octanol–water partition coefficient (Wildman–Crippen LogP) is 3.87. The Labute approximate surface area is 116 Å². The van der Waals surface area contributed by atoms with Crippen LogP contribution in [0, 0.1) is 17.0 Å². The van der Waals surface area contributed by atoms with E-state index in [1.165, 1.54) is 18.9 Å². The molecule has 0 amide bonds. The molecule has 0 radical (unpaired) electrons. The summed E-state index contributed by atoms with van der Waals surface area (Å²) in [6.45, 7) is 2.86. The van der Waals surface area contributed by atoms with Gasteiger partial charge in [-0.1, -0.05) is 19.8 Å².